The zero-order valence-corrected chi connectivity index (χ0v) is 14.8. The van der Waals surface area contributed by atoms with Gasteiger partial charge in [0.05, 0.1) is 11.6 Å². The number of aromatic carboxylic acids is 1. The molecule has 26 heavy (non-hydrogen) atoms. The van der Waals surface area contributed by atoms with Gasteiger partial charge in [-0.2, -0.15) is 0 Å². The van der Waals surface area contributed by atoms with E-state index >= 15 is 0 Å². The lowest BCUT2D eigenvalue weighted by atomic mass is 9.68. The molecule has 0 spiro atoms. The van der Waals surface area contributed by atoms with Crippen molar-refractivity contribution in [2.75, 3.05) is 5.32 Å². The molecule has 5 heteroatoms. The molecule has 0 saturated heterocycles. The predicted molar refractivity (Wildman–Crippen MR) is 98.2 cm³/mol. The third kappa shape index (κ3) is 2.21. The summed E-state index contributed by atoms with van der Waals surface area (Å²) in [4.78, 5) is 11.4. The Kier molecular flexibility index (Phi) is 3.54. The molecule has 1 aliphatic heterocycles. The molecule has 0 aromatic heterocycles. The van der Waals surface area contributed by atoms with E-state index in [1.807, 2.05) is 12.1 Å². The minimum absolute atomic E-state index is 0.174. The molecule has 1 heterocycles. The van der Waals surface area contributed by atoms with Crippen LogP contribution in [0.15, 0.2) is 36.4 Å². The fourth-order valence-electron chi connectivity index (χ4n) is 5.72. The van der Waals surface area contributed by atoms with Crippen molar-refractivity contribution in [1.29, 1.82) is 0 Å². The van der Waals surface area contributed by atoms with E-state index in [1.165, 1.54) is 12.5 Å². The van der Waals surface area contributed by atoms with Crippen LogP contribution in [-0.2, 0) is 0 Å². The molecule has 2 saturated carbocycles. The Morgan fingerprint density at radius 2 is 2.00 bits per heavy atom. The van der Waals surface area contributed by atoms with Gasteiger partial charge in [0, 0.05) is 16.3 Å². The van der Waals surface area contributed by atoms with Gasteiger partial charge in [0.15, 0.2) is 0 Å². The maximum atomic E-state index is 14.7. The average molecular weight is 372 g/mol. The summed E-state index contributed by atoms with van der Waals surface area (Å²) in [5, 5.41) is 13.3. The van der Waals surface area contributed by atoms with Crippen molar-refractivity contribution in [2.24, 2.45) is 17.8 Å². The van der Waals surface area contributed by atoms with E-state index < -0.39 is 5.97 Å². The monoisotopic (exact) mass is 371 g/mol. The number of carboxylic acid groups (broad SMARTS) is 1. The van der Waals surface area contributed by atoms with E-state index in [4.69, 9.17) is 11.6 Å². The number of fused-ring (bicyclic) bond motifs is 7. The maximum Gasteiger partial charge on any atom is 0.335 e. The maximum absolute atomic E-state index is 14.7. The van der Waals surface area contributed by atoms with Crippen LogP contribution >= 0.6 is 11.6 Å². The van der Waals surface area contributed by atoms with Crippen molar-refractivity contribution in [3.63, 3.8) is 0 Å². The van der Waals surface area contributed by atoms with Crippen LogP contribution in [0.4, 0.5) is 10.1 Å². The highest BCUT2D eigenvalue weighted by Crippen LogP contribution is 2.64. The molecule has 2 bridgehead atoms. The van der Waals surface area contributed by atoms with Gasteiger partial charge < -0.3 is 10.4 Å². The summed E-state index contributed by atoms with van der Waals surface area (Å²) in [7, 11) is 0. The number of hydrogen-bond donors (Lipinski definition) is 2. The normalized spacial score (nSPS) is 31.2. The van der Waals surface area contributed by atoms with Crippen molar-refractivity contribution in [3.8, 4) is 0 Å². The molecule has 5 atom stereocenters. The first-order valence-corrected chi connectivity index (χ1v) is 9.50. The van der Waals surface area contributed by atoms with E-state index in [-0.39, 0.29) is 23.7 Å². The molecule has 0 amide bonds. The van der Waals surface area contributed by atoms with Crippen molar-refractivity contribution in [3.05, 3.63) is 63.9 Å². The third-order valence-electron chi connectivity index (χ3n) is 6.64. The van der Waals surface area contributed by atoms with Crippen LogP contribution in [0.5, 0.6) is 0 Å². The van der Waals surface area contributed by atoms with E-state index in [2.05, 4.69) is 5.32 Å². The minimum Gasteiger partial charge on any atom is -0.478 e. The Bertz CT molecular complexity index is 895. The van der Waals surface area contributed by atoms with Gasteiger partial charge in [-0.3, -0.25) is 0 Å². The molecule has 2 fully saturated rings. The summed E-state index contributed by atoms with van der Waals surface area (Å²) in [5.41, 5.74) is 2.85. The lowest BCUT2D eigenvalue weighted by Crippen LogP contribution is -2.36. The van der Waals surface area contributed by atoms with Crippen LogP contribution in [0.2, 0.25) is 5.02 Å². The standard InChI is InChI=1S/C21H19ClFNO2/c22-14-2-1-3-15(23)19(14)20-18-11-5-4-10(8-11)17(18)13-9-12(21(25)26)6-7-16(13)24-20/h1-3,6-7,9-11,17-18,20,24H,4-5,8H2,(H,25,26)/t10-,11-,17+,18-,20+/m0/s1. The van der Waals surface area contributed by atoms with Crippen LogP contribution < -0.4 is 5.32 Å². The molecule has 3 aliphatic rings. The Labute approximate surface area is 156 Å². The highest BCUT2D eigenvalue weighted by molar-refractivity contribution is 6.31. The van der Waals surface area contributed by atoms with Gasteiger partial charge in [-0.15, -0.1) is 0 Å². The average Bonchev–Trinajstić information content (AvgIpc) is 3.23. The van der Waals surface area contributed by atoms with Gasteiger partial charge in [-0.25, -0.2) is 9.18 Å². The quantitative estimate of drug-likeness (QED) is 0.735. The molecule has 2 aliphatic carbocycles. The lowest BCUT2D eigenvalue weighted by molar-refractivity contribution is 0.0696. The summed E-state index contributed by atoms with van der Waals surface area (Å²) in [5.74, 6) is 0.404. The van der Waals surface area contributed by atoms with E-state index in [1.54, 1.807) is 18.2 Å². The first-order chi connectivity index (χ1) is 12.5. The molecular formula is C21H19ClFNO2. The molecule has 2 aromatic carbocycles. The summed E-state index contributed by atoms with van der Waals surface area (Å²) in [6.45, 7) is 0. The summed E-state index contributed by atoms with van der Waals surface area (Å²) in [6, 6.07) is 9.91. The summed E-state index contributed by atoms with van der Waals surface area (Å²) >= 11 is 6.39. The molecule has 5 rings (SSSR count). The van der Waals surface area contributed by atoms with Gasteiger partial charge in [0.25, 0.3) is 0 Å². The Hall–Kier alpha value is -2.07. The molecule has 0 radical (unpaired) electrons. The van der Waals surface area contributed by atoms with E-state index in [0.29, 0.717) is 28.0 Å². The fraction of sp³-hybridized carbons (Fsp3) is 0.381. The van der Waals surface area contributed by atoms with Crippen molar-refractivity contribution >= 4 is 23.3 Å². The van der Waals surface area contributed by atoms with Gasteiger partial charge >= 0.3 is 5.97 Å². The number of carbonyl (C=O) groups is 1. The SMILES string of the molecule is O=C(O)c1ccc2c(c1)[C@H]1[C@H]3CC[C@@H](C3)[C@@H]1[C@H](c1c(F)cccc1Cl)N2. The van der Waals surface area contributed by atoms with Gasteiger partial charge in [0.2, 0.25) is 0 Å². The van der Waals surface area contributed by atoms with Crippen LogP contribution in [0.1, 0.15) is 52.7 Å². The number of hydrogen-bond acceptors (Lipinski definition) is 2. The number of nitrogens with one attached hydrogen (secondary N) is 1. The van der Waals surface area contributed by atoms with Crippen LogP contribution in [0.25, 0.3) is 0 Å². The number of carboxylic acids is 1. The van der Waals surface area contributed by atoms with Crippen LogP contribution in [0.3, 0.4) is 0 Å². The highest BCUT2D eigenvalue weighted by atomic mass is 35.5. The van der Waals surface area contributed by atoms with Gasteiger partial charge in [0.1, 0.15) is 5.82 Å². The second kappa shape index (κ2) is 5.71. The van der Waals surface area contributed by atoms with E-state index in [9.17, 15) is 14.3 Å². The fourth-order valence-corrected chi connectivity index (χ4v) is 6.00. The Balaban J connectivity index is 1.67. The van der Waals surface area contributed by atoms with E-state index in [0.717, 1.165) is 24.1 Å². The Morgan fingerprint density at radius 1 is 1.19 bits per heavy atom. The predicted octanol–water partition coefficient (Wildman–Crippen LogP) is 5.47. The molecule has 0 unspecified atom stereocenters. The van der Waals surface area contributed by atoms with Gasteiger partial charge in [-0.05, 0) is 78.8 Å². The zero-order chi connectivity index (χ0) is 18.0. The zero-order valence-electron chi connectivity index (χ0n) is 14.1. The second-order valence-corrected chi connectivity index (χ2v) is 8.21. The largest absolute Gasteiger partial charge is 0.478 e. The number of rotatable bonds is 2. The first-order valence-electron chi connectivity index (χ1n) is 9.12. The highest BCUT2D eigenvalue weighted by Gasteiger charge is 2.54. The van der Waals surface area contributed by atoms with Crippen molar-refractivity contribution in [2.45, 2.75) is 31.2 Å². The number of benzene rings is 2. The molecule has 2 N–H and O–H groups in total. The summed E-state index contributed by atoms with van der Waals surface area (Å²) in [6.07, 6.45) is 3.46. The van der Waals surface area contributed by atoms with Crippen LogP contribution in [0, 0.1) is 23.6 Å². The lowest BCUT2D eigenvalue weighted by Gasteiger charge is -2.43. The second-order valence-electron chi connectivity index (χ2n) is 7.80. The number of anilines is 1. The molecule has 134 valence electrons. The smallest absolute Gasteiger partial charge is 0.335 e. The third-order valence-corrected chi connectivity index (χ3v) is 6.97. The minimum atomic E-state index is -0.910. The molecule has 2 aromatic rings. The first kappa shape index (κ1) is 16.1. The number of halogens is 2. The van der Waals surface area contributed by atoms with Crippen molar-refractivity contribution in [1.82, 2.24) is 0 Å². The van der Waals surface area contributed by atoms with Crippen LogP contribution in [-0.4, -0.2) is 11.1 Å². The topological polar surface area (TPSA) is 49.3 Å². The Morgan fingerprint density at radius 3 is 2.77 bits per heavy atom. The molecular weight excluding hydrogens is 353 g/mol. The molecule has 3 nitrogen and oxygen atoms in total. The summed E-state index contributed by atoms with van der Waals surface area (Å²) < 4.78 is 14.7. The van der Waals surface area contributed by atoms with Crippen molar-refractivity contribution < 1.29 is 14.3 Å². The van der Waals surface area contributed by atoms with Gasteiger partial charge in [-0.1, -0.05) is 17.7 Å².